The molecule has 0 unspecified atom stereocenters. The van der Waals surface area contributed by atoms with E-state index in [0.29, 0.717) is 0 Å². The maximum Gasteiger partial charge on any atom is 0.0630 e. The monoisotopic (exact) mass is 330 g/mol. The van der Waals surface area contributed by atoms with Crippen LogP contribution in [0.2, 0.25) is 0 Å². The van der Waals surface area contributed by atoms with Crippen molar-refractivity contribution < 1.29 is 0 Å². The Morgan fingerprint density at radius 2 is 1.60 bits per heavy atom. The summed E-state index contributed by atoms with van der Waals surface area (Å²) < 4.78 is 2.30. The second-order valence-corrected chi connectivity index (χ2v) is 6.71. The molecule has 0 fully saturated rings. The highest BCUT2D eigenvalue weighted by Gasteiger charge is 2.10. The molecule has 0 bridgehead atoms. The van der Waals surface area contributed by atoms with E-state index in [0.717, 1.165) is 17.7 Å². The number of hydrogen-bond acceptors (Lipinski definition) is 1. The summed E-state index contributed by atoms with van der Waals surface area (Å²) in [6.07, 6.45) is 3.03. The number of hydrogen-bond donors (Lipinski definition) is 0. The fourth-order valence-corrected chi connectivity index (χ4v) is 3.14. The SMILES string of the molecule is CCc1ccc(N=Cc2cc(C)n(-c3ccc(C)c(C)c3)c2C)cc1. The molecule has 0 amide bonds. The van der Waals surface area contributed by atoms with E-state index in [1.54, 1.807) is 0 Å². The second kappa shape index (κ2) is 7.10. The molecule has 1 aromatic heterocycles. The lowest BCUT2D eigenvalue weighted by Crippen LogP contribution is -2.00. The van der Waals surface area contributed by atoms with Gasteiger partial charge in [0.15, 0.2) is 0 Å². The Morgan fingerprint density at radius 3 is 2.24 bits per heavy atom. The Balaban J connectivity index is 1.93. The maximum atomic E-state index is 4.65. The second-order valence-electron chi connectivity index (χ2n) is 6.71. The lowest BCUT2D eigenvalue weighted by atomic mass is 10.1. The van der Waals surface area contributed by atoms with Crippen LogP contribution in [0.15, 0.2) is 53.5 Å². The number of benzene rings is 2. The Kier molecular flexibility index (Phi) is 4.89. The van der Waals surface area contributed by atoms with Gasteiger partial charge in [0.1, 0.15) is 0 Å². The number of aromatic nitrogens is 1. The van der Waals surface area contributed by atoms with Gasteiger partial charge in [0.2, 0.25) is 0 Å². The minimum Gasteiger partial charge on any atom is -0.318 e. The number of aliphatic imine (C=N–C) groups is 1. The fourth-order valence-electron chi connectivity index (χ4n) is 3.14. The summed E-state index contributed by atoms with van der Waals surface area (Å²) >= 11 is 0. The predicted octanol–water partition coefficient (Wildman–Crippen LogP) is 6.02. The quantitative estimate of drug-likeness (QED) is 0.520. The third kappa shape index (κ3) is 3.58. The smallest absolute Gasteiger partial charge is 0.0630 e. The molecule has 0 saturated heterocycles. The first-order chi connectivity index (χ1) is 12.0. The average molecular weight is 330 g/mol. The van der Waals surface area contributed by atoms with Crippen LogP contribution in [-0.4, -0.2) is 10.8 Å². The summed E-state index contributed by atoms with van der Waals surface area (Å²) in [5.74, 6) is 0. The van der Waals surface area contributed by atoms with Crippen LogP contribution in [0.25, 0.3) is 5.69 Å². The summed E-state index contributed by atoms with van der Waals surface area (Å²) in [5, 5.41) is 0. The zero-order valence-corrected chi connectivity index (χ0v) is 15.8. The molecule has 0 radical (unpaired) electrons. The van der Waals surface area contributed by atoms with Gasteiger partial charge in [0.05, 0.1) is 5.69 Å². The van der Waals surface area contributed by atoms with Crippen molar-refractivity contribution in [1.29, 1.82) is 0 Å². The van der Waals surface area contributed by atoms with E-state index in [1.807, 2.05) is 6.21 Å². The van der Waals surface area contributed by atoms with Crippen molar-refractivity contribution in [3.63, 3.8) is 0 Å². The largest absolute Gasteiger partial charge is 0.318 e. The minimum absolute atomic E-state index is 0.994. The first kappa shape index (κ1) is 17.2. The predicted molar refractivity (Wildman–Crippen MR) is 108 cm³/mol. The zero-order valence-electron chi connectivity index (χ0n) is 15.8. The molecular formula is C23H26N2. The molecule has 0 aliphatic heterocycles. The highest BCUT2D eigenvalue weighted by Crippen LogP contribution is 2.22. The third-order valence-electron chi connectivity index (χ3n) is 4.92. The van der Waals surface area contributed by atoms with Gasteiger partial charge in [-0.2, -0.15) is 0 Å². The Bertz CT molecular complexity index is 912. The summed E-state index contributed by atoms with van der Waals surface area (Å²) in [5.41, 5.74) is 9.79. The third-order valence-corrected chi connectivity index (χ3v) is 4.92. The van der Waals surface area contributed by atoms with Gasteiger partial charge in [-0.3, -0.25) is 4.99 Å². The Labute approximate surface area is 150 Å². The average Bonchev–Trinajstić information content (AvgIpc) is 2.90. The van der Waals surface area contributed by atoms with Crippen LogP contribution in [0.3, 0.4) is 0 Å². The normalized spacial score (nSPS) is 11.4. The lowest BCUT2D eigenvalue weighted by molar-refractivity contribution is 0.961. The summed E-state index contributed by atoms with van der Waals surface area (Å²) in [4.78, 5) is 4.65. The van der Waals surface area contributed by atoms with Crippen LogP contribution in [0.5, 0.6) is 0 Å². The minimum atomic E-state index is 0.994. The Morgan fingerprint density at radius 1 is 0.880 bits per heavy atom. The molecule has 0 atom stereocenters. The van der Waals surface area contributed by atoms with Crippen LogP contribution in [0, 0.1) is 27.7 Å². The molecule has 25 heavy (non-hydrogen) atoms. The molecule has 0 saturated carbocycles. The van der Waals surface area contributed by atoms with Crippen molar-refractivity contribution in [3.05, 3.63) is 82.2 Å². The standard InChI is InChI=1S/C23H26N2/c1-6-20-8-10-22(11-9-20)24-15-21-14-18(4)25(19(21)5)23-12-7-16(2)17(3)13-23/h7-15H,6H2,1-5H3. The van der Waals surface area contributed by atoms with E-state index < -0.39 is 0 Å². The topological polar surface area (TPSA) is 17.3 Å². The van der Waals surface area contributed by atoms with Crippen LogP contribution >= 0.6 is 0 Å². The van der Waals surface area contributed by atoms with Crippen molar-refractivity contribution in [2.75, 3.05) is 0 Å². The van der Waals surface area contributed by atoms with Gasteiger partial charge in [-0.05, 0) is 81.1 Å². The van der Waals surface area contributed by atoms with Crippen LogP contribution < -0.4 is 0 Å². The maximum absolute atomic E-state index is 4.65. The molecule has 128 valence electrons. The molecule has 0 spiro atoms. The van der Waals surface area contributed by atoms with Crippen LogP contribution in [0.1, 0.15) is 40.6 Å². The molecule has 2 aromatic carbocycles. The van der Waals surface area contributed by atoms with Gasteiger partial charge < -0.3 is 4.57 Å². The molecule has 3 aromatic rings. The molecule has 2 heteroatoms. The molecule has 0 aliphatic carbocycles. The molecule has 0 N–H and O–H groups in total. The van der Waals surface area contributed by atoms with E-state index in [9.17, 15) is 0 Å². The highest BCUT2D eigenvalue weighted by molar-refractivity contribution is 5.84. The van der Waals surface area contributed by atoms with Gasteiger partial charge in [-0.1, -0.05) is 25.1 Å². The van der Waals surface area contributed by atoms with Gasteiger partial charge in [-0.15, -0.1) is 0 Å². The van der Waals surface area contributed by atoms with Crippen LogP contribution in [-0.2, 0) is 6.42 Å². The van der Waals surface area contributed by atoms with Gasteiger partial charge >= 0.3 is 0 Å². The number of nitrogens with zero attached hydrogens (tertiary/aromatic N) is 2. The molecular weight excluding hydrogens is 304 g/mol. The van der Waals surface area contributed by atoms with Gasteiger partial charge in [0, 0.05) is 28.9 Å². The van der Waals surface area contributed by atoms with E-state index in [-0.39, 0.29) is 0 Å². The van der Waals surface area contributed by atoms with Crippen molar-refractivity contribution >= 4 is 11.9 Å². The van der Waals surface area contributed by atoms with E-state index >= 15 is 0 Å². The molecule has 3 rings (SSSR count). The highest BCUT2D eigenvalue weighted by atomic mass is 15.0. The first-order valence-corrected chi connectivity index (χ1v) is 8.89. The van der Waals surface area contributed by atoms with Gasteiger partial charge in [-0.25, -0.2) is 0 Å². The Hall–Kier alpha value is -2.61. The fraction of sp³-hybridized carbons (Fsp3) is 0.261. The van der Waals surface area contributed by atoms with E-state index in [1.165, 1.54) is 33.8 Å². The van der Waals surface area contributed by atoms with Crippen molar-refractivity contribution in [1.82, 2.24) is 4.57 Å². The molecule has 1 heterocycles. The zero-order chi connectivity index (χ0) is 18.0. The number of rotatable bonds is 4. The van der Waals surface area contributed by atoms with Crippen molar-refractivity contribution in [3.8, 4) is 5.69 Å². The van der Waals surface area contributed by atoms with E-state index in [2.05, 4.69) is 92.7 Å². The lowest BCUT2D eigenvalue weighted by Gasteiger charge is -2.11. The van der Waals surface area contributed by atoms with Gasteiger partial charge in [0.25, 0.3) is 0 Å². The molecule has 2 nitrogen and oxygen atoms in total. The van der Waals surface area contributed by atoms with Crippen molar-refractivity contribution in [2.45, 2.75) is 41.0 Å². The summed E-state index contributed by atoms with van der Waals surface area (Å²) in [6, 6.07) is 17.3. The number of aryl methyl sites for hydroxylation is 4. The van der Waals surface area contributed by atoms with Crippen molar-refractivity contribution in [2.24, 2.45) is 4.99 Å². The molecule has 0 aliphatic rings. The van der Waals surface area contributed by atoms with E-state index in [4.69, 9.17) is 0 Å². The summed E-state index contributed by atoms with van der Waals surface area (Å²) in [7, 11) is 0. The van der Waals surface area contributed by atoms with Crippen LogP contribution in [0.4, 0.5) is 5.69 Å². The summed E-state index contributed by atoms with van der Waals surface area (Å²) in [6.45, 7) is 10.8. The first-order valence-electron chi connectivity index (χ1n) is 8.89.